The van der Waals surface area contributed by atoms with E-state index in [1.165, 1.54) is 0 Å². The third-order valence-corrected chi connectivity index (χ3v) is 7.11. The summed E-state index contributed by atoms with van der Waals surface area (Å²) in [6, 6.07) is 19.1. The van der Waals surface area contributed by atoms with Gasteiger partial charge in [-0.1, -0.05) is 48.0 Å². The van der Waals surface area contributed by atoms with Crippen molar-refractivity contribution in [3.8, 4) is 28.4 Å². The molecule has 0 radical (unpaired) electrons. The Labute approximate surface area is 261 Å². The van der Waals surface area contributed by atoms with Crippen molar-refractivity contribution < 1.29 is 43.3 Å². The molecule has 1 heterocycles. The number of carboxylic acids is 1. The van der Waals surface area contributed by atoms with E-state index in [4.69, 9.17) is 35.5 Å². The highest BCUT2D eigenvalue weighted by atomic mass is 35.5. The average molecular weight is 638 g/mol. The first-order chi connectivity index (χ1) is 21.9. The van der Waals surface area contributed by atoms with E-state index in [0.29, 0.717) is 39.2 Å². The molecule has 5 aromatic rings. The topological polar surface area (TPSA) is 156 Å². The lowest BCUT2D eigenvalue weighted by Gasteiger charge is -2.18. The Bertz CT molecular complexity index is 1780. The molecule has 0 aliphatic heterocycles. The van der Waals surface area contributed by atoms with Crippen LogP contribution in [0.4, 0.5) is 4.39 Å². The van der Waals surface area contributed by atoms with Crippen LogP contribution in [0, 0.1) is 5.82 Å². The molecule has 1 unspecified atom stereocenters. The first kappa shape index (κ1) is 31.7. The third-order valence-electron chi connectivity index (χ3n) is 6.81. The predicted molar refractivity (Wildman–Crippen MR) is 162 cm³/mol. The van der Waals surface area contributed by atoms with E-state index in [-0.39, 0.29) is 49.3 Å². The normalized spacial score (nSPS) is 11.8. The summed E-state index contributed by atoms with van der Waals surface area (Å²) in [7, 11) is 0. The van der Waals surface area contributed by atoms with E-state index in [1.807, 2.05) is 0 Å². The molecule has 4 N–H and O–H groups in total. The van der Waals surface area contributed by atoms with E-state index < -0.39 is 24.4 Å². The number of aliphatic carboxylic acids is 1. The van der Waals surface area contributed by atoms with Gasteiger partial charge >= 0.3 is 5.97 Å². The molecule has 0 aliphatic carbocycles. The Morgan fingerprint density at radius 3 is 2.51 bits per heavy atom. The van der Waals surface area contributed by atoms with E-state index in [1.54, 1.807) is 72.8 Å². The van der Waals surface area contributed by atoms with Crippen molar-refractivity contribution in [1.29, 1.82) is 0 Å². The molecule has 0 fully saturated rings. The summed E-state index contributed by atoms with van der Waals surface area (Å²) in [5.41, 5.74) is 3.63. The van der Waals surface area contributed by atoms with Crippen LogP contribution in [-0.2, 0) is 24.6 Å². The van der Waals surface area contributed by atoms with Gasteiger partial charge in [0.15, 0.2) is 0 Å². The number of aliphatic hydroxyl groups excluding tert-OH is 2. The smallest absolute Gasteiger partial charge is 0.323 e. The van der Waals surface area contributed by atoms with Crippen molar-refractivity contribution in [1.82, 2.24) is 15.6 Å². The number of carbonyl (C=O) groups is 1. The number of ether oxygens (including phenoxy) is 3. The van der Waals surface area contributed by atoms with Gasteiger partial charge in [0.1, 0.15) is 60.0 Å². The van der Waals surface area contributed by atoms with E-state index in [9.17, 15) is 15.0 Å². The van der Waals surface area contributed by atoms with Crippen LogP contribution in [0.15, 0.2) is 77.4 Å². The number of hydrogen-bond acceptors (Lipinski definition) is 10. The highest BCUT2D eigenvalue weighted by Crippen LogP contribution is 2.35. The van der Waals surface area contributed by atoms with Gasteiger partial charge in [-0.2, -0.15) is 0 Å². The highest BCUT2D eigenvalue weighted by Gasteiger charge is 2.19. The Hall–Kier alpha value is -4.75. The minimum Gasteiger partial charge on any atom is -0.491 e. The third kappa shape index (κ3) is 7.86. The van der Waals surface area contributed by atoms with Gasteiger partial charge in [-0.05, 0) is 51.8 Å². The van der Waals surface area contributed by atoms with Crippen LogP contribution in [-0.4, -0.2) is 57.5 Å². The summed E-state index contributed by atoms with van der Waals surface area (Å²) in [5.74, 6) is -0.646. The molecule has 0 saturated heterocycles. The molecule has 0 spiro atoms. The number of nitrogens with zero attached hydrogens (tertiary/aromatic N) is 2. The number of hydrogen-bond donors (Lipinski definition) is 4. The minimum absolute atomic E-state index is 0.0108. The maximum absolute atomic E-state index is 15.6. The molecule has 0 aliphatic rings. The zero-order valence-corrected chi connectivity index (χ0v) is 24.5. The molecule has 234 valence electrons. The number of aromatic nitrogens is 2. The van der Waals surface area contributed by atoms with Crippen LogP contribution < -0.4 is 19.5 Å². The van der Waals surface area contributed by atoms with Crippen molar-refractivity contribution in [2.75, 3.05) is 19.8 Å². The summed E-state index contributed by atoms with van der Waals surface area (Å²) in [5, 5.41) is 38.3. The quantitative estimate of drug-likeness (QED) is 0.126. The molecular weight excluding hydrogens is 609 g/mol. The standard InChI is InChI=1S/C32H29ClFN3O8/c33-25-13-22(15-35-28(16-39)32(40)41)29(43-17-19-7-8-26-27(11-19)37-45-36-26)14-30(25)44-18-21-4-2-6-24(31(21)34)20-3-1-5-23(12-20)42-10-9-38/h1-8,11-14,28,35,38-39H,9-10,15-18H2,(H,40,41). The molecule has 0 saturated carbocycles. The number of halogens is 2. The fourth-order valence-electron chi connectivity index (χ4n) is 4.49. The Kier molecular flexibility index (Phi) is 10.4. The highest BCUT2D eigenvalue weighted by molar-refractivity contribution is 6.32. The van der Waals surface area contributed by atoms with Crippen LogP contribution in [0.1, 0.15) is 16.7 Å². The molecule has 1 atom stereocenters. The number of aliphatic hydroxyl groups is 2. The Morgan fingerprint density at radius 2 is 1.71 bits per heavy atom. The second kappa shape index (κ2) is 14.8. The molecule has 11 nitrogen and oxygen atoms in total. The minimum atomic E-state index is -1.21. The zero-order valence-electron chi connectivity index (χ0n) is 23.8. The first-order valence-electron chi connectivity index (χ1n) is 13.8. The molecule has 5 rings (SSSR count). The van der Waals surface area contributed by atoms with Crippen LogP contribution in [0.25, 0.3) is 22.2 Å². The SMILES string of the molecule is O=C(O)C(CO)NCc1cc(Cl)c(OCc2cccc(-c3cccc(OCCO)c3)c2F)cc1OCc1ccc2nonc2c1. The lowest BCUT2D eigenvalue weighted by atomic mass is 10.0. The number of fused-ring (bicyclic) bond motifs is 1. The molecule has 1 aromatic heterocycles. The van der Waals surface area contributed by atoms with Gasteiger partial charge < -0.3 is 29.5 Å². The zero-order chi connectivity index (χ0) is 31.8. The largest absolute Gasteiger partial charge is 0.491 e. The maximum Gasteiger partial charge on any atom is 0.323 e. The maximum atomic E-state index is 15.6. The molecule has 4 aromatic carbocycles. The van der Waals surface area contributed by atoms with Gasteiger partial charge in [-0.15, -0.1) is 0 Å². The fraction of sp³-hybridized carbons (Fsp3) is 0.219. The van der Waals surface area contributed by atoms with Gasteiger partial charge in [0.25, 0.3) is 0 Å². The second-order valence-electron chi connectivity index (χ2n) is 9.89. The number of rotatable bonds is 15. The molecular formula is C32H29ClFN3O8. The summed E-state index contributed by atoms with van der Waals surface area (Å²) >= 11 is 6.55. The van der Waals surface area contributed by atoms with Gasteiger partial charge in [-0.25, -0.2) is 9.02 Å². The van der Waals surface area contributed by atoms with Crippen LogP contribution >= 0.6 is 11.6 Å². The van der Waals surface area contributed by atoms with E-state index >= 15 is 4.39 Å². The molecule has 45 heavy (non-hydrogen) atoms. The number of nitrogens with one attached hydrogen (secondary N) is 1. The van der Waals surface area contributed by atoms with Crippen molar-refractivity contribution >= 4 is 28.6 Å². The molecule has 13 heteroatoms. The van der Waals surface area contributed by atoms with Crippen molar-refractivity contribution in [2.45, 2.75) is 25.8 Å². The lowest BCUT2D eigenvalue weighted by molar-refractivity contribution is -0.140. The number of carboxylic acid groups (broad SMARTS) is 1. The summed E-state index contributed by atoms with van der Waals surface area (Å²) in [4.78, 5) is 11.4. The first-order valence-corrected chi connectivity index (χ1v) is 14.2. The van der Waals surface area contributed by atoms with E-state index in [2.05, 4.69) is 15.6 Å². The van der Waals surface area contributed by atoms with Gasteiger partial charge in [0, 0.05) is 29.3 Å². The van der Waals surface area contributed by atoms with Crippen LogP contribution in [0.2, 0.25) is 5.02 Å². The Balaban J connectivity index is 1.37. The van der Waals surface area contributed by atoms with Crippen LogP contribution in [0.5, 0.6) is 17.2 Å². The van der Waals surface area contributed by atoms with Gasteiger partial charge in [-0.3, -0.25) is 10.1 Å². The summed E-state index contributed by atoms with van der Waals surface area (Å²) in [6.07, 6.45) is 0. The molecule has 0 amide bonds. The average Bonchev–Trinajstić information content (AvgIpc) is 3.52. The van der Waals surface area contributed by atoms with Gasteiger partial charge in [0.2, 0.25) is 0 Å². The van der Waals surface area contributed by atoms with E-state index in [0.717, 1.165) is 5.56 Å². The second-order valence-corrected chi connectivity index (χ2v) is 10.3. The monoisotopic (exact) mass is 637 g/mol. The number of benzene rings is 4. The Morgan fingerprint density at radius 1 is 0.911 bits per heavy atom. The van der Waals surface area contributed by atoms with Crippen molar-refractivity contribution in [3.05, 3.63) is 100 Å². The van der Waals surface area contributed by atoms with Gasteiger partial charge in [0.05, 0.1) is 18.2 Å². The summed E-state index contributed by atoms with van der Waals surface area (Å²) < 4.78 is 37.9. The van der Waals surface area contributed by atoms with Crippen molar-refractivity contribution in [2.24, 2.45) is 0 Å². The fourth-order valence-corrected chi connectivity index (χ4v) is 4.73. The molecule has 0 bridgehead atoms. The van der Waals surface area contributed by atoms with Crippen molar-refractivity contribution in [3.63, 3.8) is 0 Å². The summed E-state index contributed by atoms with van der Waals surface area (Å²) in [6.45, 7) is -0.666. The predicted octanol–water partition coefficient (Wildman–Crippen LogP) is 4.75. The van der Waals surface area contributed by atoms with Crippen LogP contribution in [0.3, 0.4) is 0 Å². The lowest BCUT2D eigenvalue weighted by Crippen LogP contribution is -2.39.